The summed E-state index contributed by atoms with van der Waals surface area (Å²) in [5.41, 5.74) is 11.1. The summed E-state index contributed by atoms with van der Waals surface area (Å²) in [6.45, 7) is 5.09. The van der Waals surface area contributed by atoms with E-state index in [1.165, 1.54) is 0 Å². The summed E-state index contributed by atoms with van der Waals surface area (Å²) in [6.07, 6.45) is 0. The second-order valence-corrected chi connectivity index (χ2v) is 4.04. The average Bonchev–Trinajstić information content (AvgIpc) is 2.11. The molecule has 0 aromatic rings. The third-order valence-corrected chi connectivity index (χ3v) is 2.58. The van der Waals surface area contributed by atoms with E-state index in [9.17, 15) is 0 Å². The average molecular weight is 307 g/mol. The first kappa shape index (κ1) is 21.6. The zero-order valence-electron chi connectivity index (χ0n) is 9.36. The van der Waals surface area contributed by atoms with Gasteiger partial charge in [-0.25, -0.2) is 0 Å². The van der Waals surface area contributed by atoms with Gasteiger partial charge in [-0.05, 0) is 13.8 Å². The van der Waals surface area contributed by atoms with Crippen LogP contribution in [0.4, 0.5) is 0 Å². The standard InChI is InChI=1S/C8H18N4S2.2ClH/c1-5(9)7(13)11-3-4-12-8(14)6(2)10;;/h5-6H,3-4,9-10H2,1-2H3,(H,11,13)(H,12,14);2*1H. The quantitative estimate of drug-likeness (QED) is 0.434. The summed E-state index contributed by atoms with van der Waals surface area (Å²) in [5.74, 6) is 0. The van der Waals surface area contributed by atoms with E-state index in [-0.39, 0.29) is 36.9 Å². The highest BCUT2D eigenvalue weighted by Gasteiger charge is 2.02. The van der Waals surface area contributed by atoms with Crippen molar-refractivity contribution in [1.82, 2.24) is 10.6 Å². The molecule has 0 aromatic carbocycles. The number of rotatable bonds is 5. The van der Waals surface area contributed by atoms with Crippen molar-refractivity contribution in [1.29, 1.82) is 0 Å². The third kappa shape index (κ3) is 10.8. The molecule has 0 rings (SSSR count). The first-order valence-electron chi connectivity index (χ1n) is 4.51. The molecule has 0 aliphatic rings. The first-order chi connectivity index (χ1) is 6.45. The van der Waals surface area contributed by atoms with Crippen LogP contribution in [0.1, 0.15) is 13.8 Å². The van der Waals surface area contributed by atoms with Crippen LogP contribution in [0.2, 0.25) is 0 Å². The van der Waals surface area contributed by atoms with Crippen LogP contribution < -0.4 is 22.1 Å². The lowest BCUT2D eigenvalue weighted by atomic mass is 10.3. The van der Waals surface area contributed by atoms with Gasteiger partial charge < -0.3 is 22.1 Å². The van der Waals surface area contributed by atoms with Crippen LogP contribution in [0.3, 0.4) is 0 Å². The molecule has 0 aromatic heterocycles. The van der Waals surface area contributed by atoms with E-state index in [2.05, 4.69) is 10.6 Å². The summed E-state index contributed by atoms with van der Waals surface area (Å²) < 4.78 is 0. The van der Waals surface area contributed by atoms with Gasteiger partial charge in [-0.2, -0.15) is 0 Å². The van der Waals surface area contributed by atoms with E-state index in [4.69, 9.17) is 35.9 Å². The van der Waals surface area contributed by atoms with Crippen LogP contribution in [0.15, 0.2) is 0 Å². The van der Waals surface area contributed by atoms with Gasteiger partial charge in [-0.15, -0.1) is 24.8 Å². The number of hydrogen-bond acceptors (Lipinski definition) is 4. The lowest BCUT2D eigenvalue weighted by Gasteiger charge is -2.13. The van der Waals surface area contributed by atoms with Gasteiger partial charge in [-0.3, -0.25) is 0 Å². The zero-order chi connectivity index (χ0) is 11.1. The van der Waals surface area contributed by atoms with Gasteiger partial charge in [-0.1, -0.05) is 24.4 Å². The van der Waals surface area contributed by atoms with Crippen molar-refractivity contribution in [2.75, 3.05) is 13.1 Å². The predicted octanol–water partition coefficient (Wildman–Crippen LogP) is 0.358. The zero-order valence-corrected chi connectivity index (χ0v) is 12.6. The highest BCUT2D eigenvalue weighted by Crippen LogP contribution is 1.80. The fourth-order valence-corrected chi connectivity index (χ4v) is 0.897. The Morgan fingerprint density at radius 2 is 1.19 bits per heavy atom. The molecule has 0 saturated heterocycles. The predicted molar refractivity (Wildman–Crippen MR) is 83.0 cm³/mol. The Morgan fingerprint density at radius 3 is 1.38 bits per heavy atom. The molecule has 6 N–H and O–H groups in total. The normalized spacial score (nSPS) is 12.5. The molecule has 0 radical (unpaired) electrons. The van der Waals surface area contributed by atoms with Crippen molar-refractivity contribution < 1.29 is 0 Å². The molecular formula is C8H20Cl2N4S2. The SMILES string of the molecule is CC(N)C(=S)NCCNC(=S)C(C)N.Cl.Cl. The van der Waals surface area contributed by atoms with Gasteiger partial charge in [0.15, 0.2) is 0 Å². The van der Waals surface area contributed by atoms with E-state index in [0.29, 0.717) is 23.1 Å². The van der Waals surface area contributed by atoms with E-state index in [1.54, 1.807) is 0 Å². The van der Waals surface area contributed by atoms with Crippen LogP contribution in [0.25, 0.3) is 0 Å². The number of nitrogens with two attached hydrogens (primary N) is 2. The largest absolute Gasteiger partial charge is 0.377 e. The van der Waals surface area contributed by atoms with Crippen LogP contribution >= 0.6 is 49.2 Å². The van der Waals surface area contributed by atoms with Gasteiger partial charge in [0, 0.05) is 13.1 Å². The molecule has 2 atom stereocenters. The van der Waals surface area contributed by atoms with Gasteiger partial charge in [0.2, 0.25) is 0 Å². The minimum absolute atomic E-state index is 0. The number of thiocarbonyl (C=S) groups is 2. The third-order valence-electron chi connectivity index (χ3n) is 1.55. The van der Waals surface area contributed by atoms with E-state index in [1.807, 2.05) is 13.8 Å². The molecule has 8 heteroatoms. The Labute approximate surface area is 120 Å². The van der Waals surface area contributed by atoms with Gasteiger partial charge in [0.1, 0.15) is 0 Å². The fraction of sp³-hybridized carbons (Fsp3) is 0.750. The highest BCUT2D eigenvalue weighted by atomic mass is 35.5. The minimum Gasteiger partial charge on any atom is -0.377 e. The van der Waals surface area contributed by atoms with Crippen LogP contribution in [-0.4, -0.2) is 35.2 Å². The fourth-order valence-electron chi connectivity index (χ4n) is 0.693. The Kier molecular flexibility index (Phi) is 15.8. The molecule has 16 heavy (non-hydrogen) atoms. The Balaban J connectivity index is -0.000000845. The van der Waals surface area contributed by atoms with E-state index in [0.717, 1.165) is 0 Å². The Morgan fingerprint density at radius 1 is 0.938 bits per heavy atom. The molecule has 4 nitrogen and oxygen atoms in total. The molecule has 0 spiro atoms. The summed E-state index contributed by atoms with van der Waals surface area (Å²) in [5, 5.41) is 6.04. The summed E-state index contributed by atoms with van der Waals surface area (Å²) in [4.78, 5) is 1.33. The van der Waals surface area contributed by atoms with E-state index < -0.39 is 0 Å². The van der Waals surface area contributed by atoms with Gasteiger partial charge in [0.05, 0.1) is 22.1 Å². The van der Waals surface area contributed by atoms with Gasteiger partial charge >= 0.3 is 0 Å². The molecule has 0 saturated carbocycles. The van der Waals surface area contributed by atoms with Crippen LogP contribution in [0, 0.1) is 0 Å². The maximum atomic E-state index is 5.56. The van der Waals surface area contributed by atoms with Crippen molar-refractivity contribution >= 4 is 59.2 Å². The number of halogens is 2. The van der Waals surface area contributed by atoms with Gasteiger partial charge in [0.25, 0.3) is 0 Å². The lowest BCUT2D eigenvalue weighted by molar-refractivity contribution is 0.780. The van der Waals surface area contributed by atoms with Crippen molar-refractivity contribution in [3.05, 3.63) is 0 Å². The molecule has 0 bridgehead atoms. The number of nitrogens with one attached hydrogen (secondary N) is 2. The van der Waals surface area contributed by atoms with Crippen molar-refractivity contribution in [3.63, 3.8) is 0 Å². The molecule has 2 unspecified atom stereocenters. The monoisotopic (exact) mass is 306 g/mol. The minimum atomic E-state index is -0.106. The molecule has 0 aliphatic heterocycles. The smallest absolute Gasteiger partial charge is 0.0921 e. The first-order valence-corrected chi connectivity index (χ1v) is 5.33. The molecule has 0 amide bonds. The molecular weight excluding hydrogens is 287 g/mol. The maximum absolute atomic E-state index is 5.56. The topological polar surface area (TPSA) is 76.1 Å². The summed E-state index contributed by atoms with van der Waals surface area (Å²) in [6, 6.07) is -0.212. The Bertz CT molecular complexity index is 190. The van der Waals surface area contributed by atoms with Crippen LogP contribution in [0.5, 0.6) is 0 Å². The maximum Gasteiger partial charge on any atom is 0.0921 e. The van der Waals surface area contributed by atoms with Crippen molar-refractivity contribution in [2.45, 2.75) is 25.9 Å². The second kappa shape index (κ2) is 11.8. The molecule has 0 heterocycles. The lowest BCUT2D eigenvalue weighted by Crippen LogP contribution is -2.43. The Hall–Kier alpha value is 0.280. The van der Waals surface area contributed by atoms with Crippen LogP contribution in [-0.2, 0) is 0 Å². The summed E-state index contributed by atoms with van der Waals surface area (Å²) >= 11 is 9.97. The number of hydrogen-bond donors (Lipinski definition) is 4. The molecule has 0 fully saturated rings. The second-order valence-electron chi connectivity index (χ2n) is 3.16. The highest BCUT2D eigenvalue weighted by molar-refractivity contribution is 7.80. The molecule has 0 aliphatic carbocycles. The van der Waals surface area contributed by atoms with Crippen molar-refractivity contribution in [2.24, 2.45) is 11.5 Å². The van der Waals surface area contributed by atoms with Crippen molar-refractivity contribution in [3.8, 4) is 0 Å². The summed E-state index contributed by atoms with van der Waals surface area (Å²) in [7, 11) is 0. The van der Waals surface area contributed by atoms with E-state index >= 15 is 0 Å². The molecule has 98 valence electrons.